The second kappa shape index (κ2) is 6.21. The van der Waals surface area contributed by atoms with Gasteiger partial charge in [0, 0.05) is 6.54 Å². The molecule has 1 aromatic heterocycles. The number of nitrogens with zero attached hydrogens (tertiary/aromatic N) is 1. The van der Waals surface area contributed by atoms with Crippen LogP contribution in [0.5, 0.6) is 0 Å². The molecule has 0 aliphatic rings. The molecule has 19 heavy (non-hydrogen) atoms. The van der Waals surface area contributed by atoms with Crippen molar-refractivity contribution >= 4 is 11.9 Å². The molecule has 0 saturated heterocycles. The van der Waals surface area contributed by atoms with Gasteiger partial charge in [0.15, 0.2) is 0 Å². The van der Waals surface area contributed by atoms with Crippen LogP contribution in [0, 0.1) is 5.92 Å². The summed E-state index contributed by atoms with van der Waals surface area (Å²) in [5, 5.41) is 10.7. The van der Waals surface area contributed by atoms with E-state index >= 15 is 0 Å². The van der Waals surface area contributed by atoms with Crippen LogP contribution in [0.25, 0.3) is 0 Å². The lowest BCUT2D eigenvalue weighted by atomic mass is 10.0. The molecule has 0 saturated carbocycles. The number of carboxylic acids is 1. The number of rotatable bonds is 6. The van der Waals surface area contributed by atoms with E-state index in [1.165, 1.54) is 12.5 Å². The first kappa shape index (κ1) is 15.0. The van der Waals surface area contributed by atoms with Crippen LogP contribution in [0.1, 0.15) is 23.3 Å². The van der Waals surface area contributed by atoms with Crippen LogP contribution in [0.2, 0.25) is 0 Å². The number of aromatic nitrogens is 2. The number of aromatic amines is 1. The van der Waals surface area contributed by atoms with E-state index in [0.717, 1.165) is 0 Å². The van der Waals surface area contributed by atoms with Crippen LogP contribution in [-0.2, 0) is 4.79 Å². The Hall–Kier alpha value is -2.06. The molecule has 3 N–H and O–H groups in total. The monoisotopic (exact) mass is 279 g/mol. The van der Waals surface area contributed by atoms with Crippen molar-refractivity contribution in [2.45, 2.75) is 19.0 Å². The third-order valence-corrected chi connectivity index (χ3v) is 2.41. The van der Waals surface area contributed by atoms with Gasteiger partial charge in [-0.2, -0.15) is 13.2 Å². The molecule has 0 aliphatic heterocycles. The fourth-order valence-corrected chi connectivity index (χ4v) is 1.43. The SMILES string of the molecule is O=C(O)CC(CCNC(=O)c1cnc[nH]1)C(F)(F)F. The number of imidazole rings is 1. The fourth-order valence-electron chi connectivity index (χ4n) is 1.43. The Bertz CT molecular complexity index is 431. The minimum Gasteiger partial charge on any atom is -0.481 e. The first-order valence-corrected chi connectivity index (χ1v) is 5.35. The molecule has 9 heteroatoms. The number of alkyl halides is 3. The van der Waals surface area contributed by atoms with Crippen LogP contribution in [0.15, 0.2) is 12.5 Å². The van der Waals surface area contributed by atoms with Crippen LogP contribution < -0.4 is 5.32 Å². The third-order valence-electron chi connectivity index (χ3n) is 2.41. The maximum absolute atomic E-state index is 12.5. The summed E-state index contributed by atoms with van der Waals surface area (Å²) in [5.41, 5.74) is 0.127. The van der Waals surface area contributed by atoms with E-state index in [0.29, 0.717) is 0 Å². The molecular formula is C10H12F3N3O3. The van der Waals surface area contributed by atoms with Crippen molar-refractivity contribution < 1.29 is 27.9 Å². The zero-order chi connectivity index (χ0) is 14.5. The quantitative estimate of drug-likeness (QED) is 0.728. The van der Waals surface area contributed by atoms with Crippen LogP contribution in [-0.4, -0.2) is 39.7 Å². The van der Waals surface area contributed by atoms with Crippen LogP contribution >= 0.6 is 0 Å². The second-order valence-corrected chi connectivity index (χ2v) is 3.85. The molecule has 0 aliphatic carbocycles. The van der Waals surface area contributed by atoms with Crippen molar-refractivity contribution in [1.29, 1.82) is 0 Å². The molecule has 1 amide bonds. The largest absolute Gasteiger partial charge is 0.481 e. The summed E-state index contributed by atoms with van der Waals surface area (Å²) in [4.78, 5) is 27.8. The predicted molar refractivity (Wildman–Crippen MR) is 57.3 cm³/mol. The average Bonchev–Trinajstić information content (AvgIpc) is 2.79. The minimum atomic E-state index is -4.60. The summed E-state index contributed by atoms with van der Waals surface area (Å²) in [7, 11) is 0. The number of carbonyl (C=O) groups excluding carboxylic acids is 1. The Labute approximate surface area is 106 Å². The van der Waals surface area contributed by atoms with Gasteiger partial charge >= 0.3 is 12.1 Å². The number of hydrogen-bond acceptors (Lipinski definition) is 3. The first-order valence-electron chi connectivity index (χ1n) is 5.35. The summed E-state index contributed by atoms with van der Waals surface area (Å²) in [6.45, 7) is -0.269. The third kappa shape index (κ3) is 4.98. The van der Waals surface area contributed by atoms with E-state index in [1.54, 1.807) is 0 Å². The maximum atomic E-state index is 12.5. The topological polar surface area (TPSA) is 95.1 Å². The van der Waals surface area contributed by atoms with Gasteiger partial charge in [-0.15, -0.1) is 0 Å². The second-order valence-electron chi connectivity index (χ2n) is 3.85. The Morgan fingerprint density at radius 2 is 2.16 bits per heavy atom. The van der Waals surface area contributed by atoms with Crippen LogP contribution in [0.3, 0.4) is 0 Å². The molecule has 1 aromatic rings. The summed E-state index contributed by atoms with van der Waals surface area (Å²) in [5.74, 6) is -4.09. The molecule has 0 bridgehead atoms. The molecule has 1 heterocycles. The molecule has 1 unspecified atom stereocenters. The zero-order valence-electron chi connectivity index (χ0n) is 9.70. The highest BCUT2D eigenvalue weighted by Crippen LogP contribution is 2.31. The Balaban J connectivity index is 2.44. The lowest BCUT2D eigenvalue weighted by molar-refractivity contribution is -0.184. The maximum Gasteiger partial charge on any atom is 0.392 e. The van der Waals surface area contributed by atoms with Crippen molar-refractivity contribution in [1.82, 2.24) is 15.3 Å². The number of amides is 1. The summed E-state index contributed by atoms with van der Waals surface area (Å²) < 4.78 is 37.5. The highest BCUT2D eigenvalue weighted by Gasteiger charge is 2.40. The van der Waals surface area contributed by atoms with E-state index in [1.807, 2.05) is 0 Å². The van der Waals surface area contributed by atoms with Gasteiger partial charge in [-0.25, -0.2) is 4.98 Å². The number of carboxylic acid groups (broad SMARTS) is 1. The molecule has 1 rings (SSSR count). The van der Waals surface area contributed by atoms with Gasteiger partial charge in [-0.3, -0.25) is 9.59 Å². The van der Waals surface area contributed by atoms with E-state index in [-0.39, 0.29) is 12.2 Å². The Kier molecular flexibility index (Phi) is 4.90. The van der Waals surface area contributed by atoms with Crippen molar-refractivity contribution in [3.05, 3.63) is 18.2 Å². The average molecular weight is 279 g/mol. The van der Waals surface area contributed by atoms with E-state index in [9.17, 15) is 22.8 Å². The zero-order valence-corrected chi connectivity index (χ0v) is 9.70. The number of carbonyl (C=O) groups is 2. The number of halogens is 3. The predicted octanol–water partition coefficient (Wildman–Crippen LogP) is 1.18. The molecule has 0 fully saturated rings. The molecule has 106 valence electrons. The number of H-pyrrole nitrogens is 1. The van der Waals surface area contributed by atoms with E-state index in [4.69, 9.17) is 5.11 Å². The smallest absolute Gasteiger partial charge is 0.392 e. The molecule has 0 aromatic carbocycles. The van der Waals surface area contributed by atoms with E-state index in [2.05, 4.69) is 15.3 Å². The lowest BCUT2D eigenvalue weighted by Gasteiger charge is -2.18. The highest BCUT2D eigenvalue weighted by atomic mass is 19.4. The number of nitrogens with one attached hydrogen (secondary N) is 2. The lowest BCUT2D eigenvalue weighted by Crippen LogP contribution is -2.32. The molecule has 6 nitrogen and oxygen atoms in total. The van der Waals surface area contributed by atoms with Gasteiger partial charge in [0.05, 0.1) is 24.9 Å². The highest BCUT2D eigenvalue weighted by molar-refractivity contribution is 5.91. The Morgan fingerprint density at radius 1 is 1.47 bits per heavy atom. The van der Waals surface area contributed by atoms with Gasteiger partial charge in [-0.1, -0.05) is 0 Å². The van der Waals surface area contributed by atoms with Gasteiger partial charge < -0.3 is 15.4 Å². The van der Waals surface area contributed by atoms with Gasteiger partial charge in [-0.05, 0) is 6.42 Å². The van der Waals surface area contributed by atoms with Crippen LogP contribution in [0.4, 0.5) is 13.2 Å². The van der Waals surface area contributed by atoms with Gasteiger partial charge in [0.25, 0.3) is 5.91 Å². The first-order chi connectivity index (χ1) is 8.80. The summed E-state index contributed by atoms with van der Waals surface area (Å²) in [6.07, 6.45) is -3.61. The summed E-state index contributed by atoms with van der Waals surface area (Å²) >= 11 is 0. The number of aliphatic carboxylic acids is 1. The minimum absolute atomic E-state index is 0.127. The normalized spacial score (nSPS) is 13.0. The van der Waals surface area contributed by atoms with Crippen molar-refractivity contribution in [2.75, 3.05) is 6.54 Å². The van der Waals surface area contributed by atoms with E-state index < -0.39 is 36.8 Å². The van der Waals surface area contributed by atoms with Gasteiger partial charge in [0.1, 0.15) is 5.69 Å². The fraction of sp³-hybridized carbons (Fsp3) is 0.500. The molecular weight excluding hydrogens is 267 g/mol. The molecule has 0 radical (unpaired) electrons. The van der Waals surface area contributed by atoms with Crippen molar-refractivity contribution in [3.63, 3.8) is 0 Å². The van der Waals surface area contributed by atoms with Crippen molar-refractivity contribution in [2.24, 2.45) is 5.92 Å². The summed E-state index contributed by atoms with van der Waals surface area (Å²) in [6, 6.07) is 0. The molecule has 1 atom stereocenters. The van der Waals surface area contributed by atoms with Crippen molar-refractivity contribution in [3.8, 4) is 0 Å². The number of hydrogen-bond donors (Lipinski definition) is 3. The van der Waals surface area contributed by atoms with Gasteiger partial charge in [0.2, 0.25) is 0 Å². The molecule has 0 spiro atoms. The standard InChI is InChI=1S/C10H12F3N3O3/c11-10(12,13)6(3-8(17)18)1-2-15-9(19)7-4-14-5-16-7/h4-6H,1-3H2,(H,14,16)(H,15,19)(H,17,18). The Morgan fingerprint density at radius 3 is 2.63 bits per heavy atom.